The Bertz CT molecular complexity index is 861. The zero-order chi connectivity index (χ0) is 20.5. The van der Waals surface area contributed by atoms with Gasteiger partial charge in [0.1, 0.15) is 5.82 Å². The summed E-state index contributed by atoms with van der Waals surface area (Å²) >= 11 is 7.59. The maximum absolute atomic E-state index is 13.8. The summed E-state index contributed by atoms with van der Waals surface area (Å²) < 4.78 is 13.8. The first kappa shape index (κ1) is 21.4. The molecule has 3 aromatic rings. The molecule has 0 atom stereocenters. The molecule has 29 heavy (non-hydrogen) atoms. The average molecular weight is 428 g/mol. The Kier molecular flexibility index (Phi) is 8.14. The molecule has 0 aliphatic rings. The number of carbonyl (C=O) groups is 1. The van der Waals surface area contributed by atoms with Crippen LogP contribution in [0, 0.1) is 5.82 Å². The van der Waals surface area contributed by atoms with Crippen molar-refractivity contribution in [3.63, 3.8) is 0 Å². The van der Waals surface area contributed by atoms with Crippen molar-refractivity contribution in [2.24, 2.45) is 0 Å². The monoisotopic (exact) mass is 427 g/mol. The predicted molar refractivity (Wildman–Crippen MR) is 120 cm³/mol. The summed E-state index contributed by atoms with van der Waals surface area (Å²) in [5.74, 6) is 0.910. The normalized spacial score (nSPS) is 10.9. The average Bonchev–Trinajstić information content (AvgIpc) is 2.75. The van der Waals surface area contributed by atoms with Crippen LogP contribution in [0.2, 0.25) is 5.02 Å². The van der Waals surface area contributed by atoms with Crippen LogP contribution in [0.5, 0.6) is 0 Å². The summed E-state index contributed by atoms with van der Waals surface area (Å²) in [7, 11) is 0. The fourth-order valence-electron chi connectivity index (χ4n) is 3.16. The van der Waals surface area contributed by atoms with Gasteiger partial charge in [0.25, 0.3) is 0 Å². The highest BCUT2D eigenvalue weighted by atomic mass is 35.5. The van der Waals surface area contributed by atoms with Gasteiger partial charge in [-0.25, -0.2) is 4.39 Å². The van der Waals surface area contributed by atoms with E-state index in [0.29, 0.717) is 35.1 Å². The second-order valence-electron chi connectivity index (χ2n) is 6.68. The smallest absolute Gasteiger partial charge is 0.220 e. The van der Waals surface area contributed by atoms with Gasteiger partial charge in [0.15, 0.2) is 0 Å². The molecule has 0 unspecified atom stereocenters. The van der Waals surface area contributed by atoms with Gasteiger partial charge in [-0.2, -0.15) is 11.8 Å². The summed E-state index contributed by atoms with van der Waals surface area (Å²) in [5, 5.41) is 3.42. The van der Waals surface area contributed by atoms with E-state index in [9.17, 15) is 9.18 Å². The lowest BCUT2D eigenvalue weighted by molar-refractivity contribution is -0.121. The van der Waals surface area contributed by atoms with Crippen LogP contribution in [0.15, 0.2) is 78.9 Å². The van der Waals surface area contributed by atoms with E-state index < -0.39 is 0 Å². The zero-order valence-electron chi connectivity index (χ0n) is 16.0. The van der Waals surface area contributed by atoms with Crippen LogP contribution in [0.3, 0.4) is 0 Å². The van der Waals surface area contributed by atoms with E-state index in [4.69, 9.17) is 11.6 Å². The molecular formula is C24H23ClFNOS. The Morgan fingerprint density at radius 2 is 1.55 bits per heavy atom. The van der Waals surface area contributed by atoms with Crippen LogP contribution in [-0.4, -0.2) is 18.2 Å². The molecule has 0 saturated carbocycles. The Morgan fingerprint density at radius 3 is 2.14 bits per heavy atom. The molecule has 0 aromatic heterocycles. The number of rotatable bonds is 9. The maximum atomic E-state index is 13.8. The molecule has 0 aliphatic heterocycles. The number of amides is 1. The first-order valence-corrected chi connectivity index (χ1v) is 11.1. The molecule has 150 valence electrons. The molecule has 0 heterocycles. The van der Waals surface area contributed by atoms with E-state index >= 15 is 0 Å². The highest BCUT2D eigenvalue weighted by Crippen LogP contribution is 2.28. The first-order valence-electron chi connectivity index (χ1n) is 9.52. The van der Waals surface area contributed by atoms with Gasteiger partial charge < -0.3 is 5.32 Å². The van der Waals surface area contributed by atoms with Crippen molar-refractivity contribution in [1.29, 1.82) is 0 Å². The molecule has 1 amide bonds. The minimum atomic E-state index is -0.289. The van der Waals surface area contributed by atoms with Crippen LogP contribution in [0.4, 0.5) is 4.39 Å². The molecule has 0 fully saturated rings. The highest BCUT2D eigenvalue weighted by molar-refractivity contribution is 7.98. The van der Waals surface area contributed by atoms with Gasteiger partial charge in [-0.3, -0.25) is 4.79 Å². The van der Waals surface area contributed by atoms with Crippen molar-refractivity contribution in [2.75, 3.05) is 12.3 Å². The fraction of sp³-hybridized carbons (Fsp3) is 0.208. The van der Waals surface area contributed by atoms with Crippen molar-refractivity contribution in [2.45, 2.75) is 18.1 Å². The highest BCUT2D eigenvalue weighted by Gasteiger charge is 2.17. The third kappa shape index (κ3) is 6.34. The molecule has 0 saturated heterocycles. The topological polar surface area (TPSA) is 29.1 Å². The van der Waals surface area contributed by atoms with Crippen molar-refractivity contribution in [3.05, 3.63) is 106 Å². The zero-order valence-corrected chi connectivity index (χ0v) is 17.6. The van der Waals surface area contributed by atoms with Gasteiger partial charge in [0.05, 0.1) is 0 Å². The van der Waals surface area contributed by atoms with Crippen molar-refractivity contribution in [3.8, 4) is 0 Å². The van der Waals surface area contributed by atoms with Crippen LogP contribution >= 0.6 is 23.4 Å². The van der Waals surface area contributed by atoms with Gasteiger partial charge in [0.2, 0.25) is 5.91 Å². The minimum absolute atomic E-state index is 0.00669. The molecular weight excluding hydrogens is 405 g/mol. The van der Waals surface area contributed by atoms with E-state index in [1.54, 1.807) is 23.9 Å². The Labute approximate surface area is 180 Å². The third-order valence-corrected chi connectivity index (χ3v) is 6.01. The summed E-state index contributed by atoms with van der Waals surface area (Å²) in [6.07, 6.45) is 0.387. The number of thioether (sulfide) groups is 1. The number of carbonyl (C=O) groups excluding carboxylic acids is 1. The summed E-state index contributed by atoms with van der Waals surface area (Å²) in [4.78, 5) is 12.5. The lowest BCUT2D eigenvalue weighted by atomic mass is 9.88. The second kappa shape index (κ2) is 11.0. The summed E-state index contributed by atoms with van der Waals surface area (Å²) in [5.41, 5.74) is 2.76. The minimum Gasteiger partial charge on any atom is -0.355 e. The molecule has 2 nitrogen and oxygen atoms in total. The predicted octanol–water partition coefficient (Wildman–Crippen LogP) is 6.05. The quantitative estimate of drug-likeness (QED) is 0.421. The van der Waals surface area contributed by atoms with Crippen molar-refractivity contribution < 1.29 is 9.18 Å². The van der Waals surface area contributed by atoms with Crippen molar-refractivity contribution in [1.82, 2.24) is 5.32 Å². The SMILES string of the molecule is O=C(CC(c1ccccc1)c1ccccc1)NCCSCc1c(F)cccc1Cl. The summed E-state index contributed by atoms with van der Waals surface area (Å²) in [6.45, 7) is 0.534. The van der Waals surface area contributed by atoms with Crippen molar-refractivity contribution >= 4 is 29.3 Å². The van der Waals surface area contributed by atoms with E-state index in [1.807, 2.05) is 36.4 Å². The number of hydrogen-bond donors (Lipinski definition) is 1. The lowest BCUT2D eigenvalue weighted by Crippen LogP contribution is -2.27. The van der Waals surface area contributed by atoms with Gasteiger partial charge >= 0.3 is 0 Å². The summed E-state index contributed by atoms with van der Waals surface area (Å²) in [6, 6.07) is 24.8. The van der Waals surface area contributed by atoms with E-state index in [0.717, 1.165) is 11.1 Å². The molecule has 3 rings (SSSR count). The third-order valence-electron chi connectivity index (χ3n) is 4.67. The Morgan fingerprint density at radius 1 is 0.931 bits per heavy atom. The van der Waals surface area contributed by atoms with Gasteiger partial charge in [0, 0.05) is 41.0 Å². The standard InChI is InChI=1S/C24H23ClFNOS/c25-22-12-7-13-23(26)21(22)17-29-15-14-27-24(28)16-20(18-8-3-1-4-9-18)19-10-5-2-6-11-19/h1-13,20H,14-17H2,(H,27,28). The van der Waals surface area contributed by atoms with E-state index in [2.05, 4.69) is 29.6 Å². The Hall–Kier alpha value is -2.30. The molecule has 1 N–H and O–H groups in total. The number of halogens is 2. The number of hydrogen-bond acceptors (Lipinski definition) is 2. The van der Waals surface area contributed by atoms with Gasteiger partial charge in [-0.1, -0.05) is 78.3 Å². The lowest BCUT2D eigenvalue weighted by Gasteiger charge is -2.18. The molecule has 0 spiro atoms. The fourth-order valence-corrected chi connectivity index (χ4v) is 4.36. The first-order chi connectivity index (χ1) is 14.1. The molecule has 5 heteroatoms. The molecule has 0 radical (unpaired) electrons. The molecule has 0 aliphatic carbocycles. The molecule has 0 bridgehead atoms. The van der Waals surface area contributed by atoms with E-state index in [-0.39, 0.29) is 17.6 Å². The Balaban J connectivity index is 1.50. The van der Waals surface area contributed by atoms with Crippen LogP contribution in [-0.2, 0) is 10.5 Å². The van der Waals surface area contributed by atoms with Gasteiger partial charge in [-0.15, -0.1) is 0 Å². The largest absolute Gasteiger partial charge is 0.355 e. The van der Waals surface area contributed by atoms with Crippen LogP contribution < -0.4 is 5.32 Å². The van der Waals surface area contributed by atoms with Gasteiger partial charge in [-0.05, 0) is 23.3 Å². The number of nitrogens with one attached hydrogen (secondary N) is 1. The maximum Gasteiger partial charge on any atom is 0.220 e. The number of benzene rings is 3. The molecule has 3 aromatic carbocycles. The van der Waals surface area contributed by atoms with Crippen LogP contribution in [0.1, 0.15) is 29.0 Å². The second-order valence-corrected chi connectivity index (χ2v) is 8.19. The van der Waals surface area contributed by atoms with E-state index in [1.165, 1.54) is 6.07 Å². The van der Waals surface area contributed by atoms with Crippen LogP contribution in [0.25, 0.3) is 0 Å².